The van der Waals surface area contributed by atoms with Crippen LogP contribution < -0.4 is 0 Å². The molecule has 0 heterocycles. The smallest absolute Gasteiger partial charge is 0.384 e. The van der Waals surface area contributed by atoms with Crippen molar-refractivity contribution >= 4 is 11.9 Å². The van der Waals surface area contributed by atoms with Gasteiger partial charge in [0.2, 0.25) is 12.2 Å². The lowest BCUT2D eigenvalue weighted by molar-refractivity contribution is -0.397. The molecule has 0 N–H and O–H groups in total. The van der Waals surface area contributed by atoms with Crippen molar-refractivity contribution in [2.45, 2.75) is 89.7 Å². The highest BCUT2D eigenvalue weighted by molar-refractivity contribution is 5.93. The number of carbonyl (C=O) groups is 2. The second-order valence-electron chi connectivity index (χ2n) is 9.52. The SMILES string of the molecule is C=C(CC(=O)OC1C(F)(F)C(F)(F)C(F)(F)C(F)(F)C(F)(F)C1(F)F)C(=O)OC1C(F)(F)C(F)(F)C(F)(F)C(F)(F)C(F)(F)C1(F)F. The molecule has 2 rings (SSSR count). The Balaban J connectivity index is 2.52. The first kappa shape index (κ1) is 40.2. The number of esters is 2. The first-order valence-corrected chi connectivity index (χ1v) is 10.8. The van der Waals surface area contributed by atoms with Gasteiger partial charge in [0.05, 0.1) is 6.42 Å². The van der Waals surface area contributed by atoms with E-state index in [2.05, 4.69) is 9.47 Å². The van der Waals surface area contributed by atoms with Gasteiger partial charge in [-0.15, -0.1) is 0 Å². The average molecular weight is 754 g/mol. The van der Waals surface area contributed by atoms with Gasteiger partial charge in [0.1, 0.15) is 0 Å². The van der Waals surface area contributed by atoms with Gasteiger partial charge < -0.3 is 9.47 Å². The Hall–Kier alpha value is -3.00. The zero-order valence-electron chi connectivity index (χ0n) is 20.8. The molecule has 274 valence electrons. The van der Waals surface area contributed by atoms with Crippen molar-refractivity contribution in [1.82, 2.24) is 0 Å². The van der Waals surface area contributed by atoms with E-state index < -0.39 is 107 Å². The molecule has 0 bridgehead atoms. The summed E-state index contributed by atoms with van der Waals surface area (Å²) in [4.78, 5) is 23.4. The minimum Gasteiger partial charge on any atom is -0.449 e. The first-order valence-electron chi connectivity index (χ1n) is 10.8. The lowest BCUT2D eigenvalue weighted by Crippen LogP contribution is -2.66. The maximum absolute atomic E-state index is 14.1. The second-order valence-corrected chi connectivity index (χ2v) is 9.52. The van der Waals surface area contributed by atoms with Gasteiger partial charge in [-0.1, -0.05) is 6.58 Å². The predicted molar refractivity (Wildman–Crippen MR) is 92.9 cm³/mol. The van der Waals surface area contributed by atoms with Crippen molar-refractivity contribution in [3.63, 3.8) is 0 Å². The fraction of sp³-hybridized carbons (Fsp3) is 0.789. The molecule has 0 unspecified atom stereocenters. The number of hydrogen-bond donors (Lipinski definition) is 0. The van der Waals surface area contributed by atoms with Gasteiger partial charge in [0.15, 0.2) is 0 Å². The van der Waals surface area contributed by atoms with E-state index in [-0.39, 0.29) is 0 Å². The molecule has 0 spiro atoms. The molecular weight excluding hydrogens is 748 g/mol. The van der Waals surface area contributed by atoms with E-state index in [0.717, 1.165) is 0 Å². The summed E-state index contributed by atoms with van der Waals surface area (Å²) in [6.45, 7) is 2.05. The van der Waals surface area contributed by atoms with Crippen LogP contribution in [0, 0.1) is 0 Å². The van der Waals surface area contributed by atoms with E-state index in [4.69, 9.17) is 0 Å². The van der Waals surface area contributed by atoms with Gasteiger partial charge in [0.25, 0.3) is 0 Å². The van der Waals surface area contributed by atoms with Crippen molar-refractivity contribution in [2.75, 3.05) is 0 Å². The molecule has 0 amide bonds. The monoisotopic (exact) mass is 754 g/mol. The number of ether oxygens (including phenoxy) is 2. The Morgan fingerprint density at radius 1 is 0.404 bits per heavy atom. The van der Waals surface area contributed by atoms with E-state index >= 15 is 0 Å². The van der Waals surface area contributed by atoms with Crippen LogP contribution in [0.2, 0.25) is 0 Å². The molecule has 2 aliphatic rings. The van der Waals surface area contributed by atoms with Crippen LogP contribution in [0.3, 0.4) is 0 Å². The highest BCUT2D eigenvalue weighted by Crippen LogP contribution is 2.68. The van der Waals surface area contributed by atoms with Crippen LogP contribution in [0.25, 0.3) is 0 Å². The van der Waals surface area contributed by atoms with Crippen LogP contribution >= 0.6 is 0 Å². The lowest BCUT2D eigenvalue weighted by atomic mass is 9.99. The van der Waals surface area contributed by atoms with Gasteiger partial charge in [-0.05, 0) is 0 Å². The molecular formula is C19H6F24O4. The van der Waals surface area contributed by atoms with E-state index in [0.29, 0.717) is 0 Å². The summed E-state index contributed by atoms with van der Waals surface area (Å²) in [5.41, 5.74) is -2.55. The molecule has 0 radical (unpaired) electrons. The molecule has 4 nitrogen and oxygen atoms in total. The minimum absolute atomic E-state index is 2.05. The zero-order valence-corrected chi connectivity index (χ0v) is 20.8. The summed E-state index contributed by atoms with van der Waals surface area (Å²) in [6.07, 6.45) is -15.2. The Labute approximate surface area is 239 Å². The number of carbonyl (C=O) groups excluding carboxylic acids is 2. The summed E-state index contributed by atoms with van der Waals surface area (Å²) in [6, 6.07) is 0. The largest absolute Gasteiger partial charge is 0.449 e. The summed E-state index contributed by atoms with van der Waals surface area (Å²) < 4.78 is 335. The van der Waals surface area contributed by atoms with Crippen LogP contribution in [0.15, 0.2) is 12.2 Å². The van der Waals surface area contributed by atoms with Crippen molar-refractivity contribution in [3.8, 4) is 0 Å². The molecule has 47 heavy (non-hydrogen) atoms. The van der Waals surface area contributed by atoms with Gasteiger partial charge in [-0.2, -0.15) is 105 Å². The molecule has 2 fully saturated rings. The van der Waals surface area contributed by atoms with E-state index in [1.54, 1.807) is 0 Å². The quantitative estimate of drug-likeness (QED) is 0.127. The molecule has 28 heteroatoms. The fourth-order valence-electron chi connectivity index (χ4n) is 3.65. The average Bonchev–Trinajstić information content (AvgIpc) is 2.88. The maximum atomic E-state index is 14.1. The molecule has 0 saturated heterocycles. The van der Waals surface area contributed by atoms with Gasteiger partial charge >= 0.3 is 83.0 Å². The standard InChI is InChI=1S/C19H6F24O4/c1-3(5(45)47-7-10(24,25)14(32,33)18(40,41)19(42,43)15(34,35)11(7,26)27)2-4(44)46-6-8(20,21)12(28,29)16(36,37)17(38,39)13(30,31)9(6,22)23/h6-7H,1-2H2. The molecule has 0 aromatic carbocycles. The molecule has 0 atom stereocenters. The van der Waals surface area contributed by atoms with E-state index in [1.165, 1.54) is 0 Å². The molecule has 2 saturated carbocycles. The molecule has 0 aromatic rings. The van der Waals surface area contributed by atoms with Crippen LogP contribution in [0.5, 0.6) is 0 Å². The molecule has 0 aliphatic heterocycles. The normalized spacial score (nSPS) is 30.2. The molecule has 0 aromatic heterocycles. The third-order valence-corrected chi connectivity index (χ3v) is 6.48. The first-order chi connectivity index (χ1) is 20.2. The Kier molecular flexibility index (Phi) is 8.57. The van der Waals surface area contributed by atoms with Gasteiger partial charge in [-0.25, -0.2) is 4.79 Å². The zero-order chi connectivity index (χ0) is 38.0. The fourth-order valence-corrected chi connectivity index (χ4v) is 3.65. The Morgan fingerprint density at radius 3 is 0.851 bits per heavy atom. The van der Waals surface area contributed by atoms with Gasteiger partial charge in [0, 0.05) is 5.57 Å². The summed E-state index contributed by atoms with van der Waals surface area (Å²) in [5, 5.41) is 0. The molecule has 2 aliphatic carbocycles. The van der Waals surface area contributed by atoms with Crippen molar-refractivity contribution in [3.05, 3.63) is 12.2 Å². The number of hydrogen-bond acceptors (Lipinski definition) is 4. The van der Waals surface area contributed by atoms with Crippen molar-refractivity contribution in [2.24, 2.45) is 0 Å². The van der Waals surface area contributed by atoms with Crippen LogP contribution in [-0.2, 0) is 19.1 Å². The third kappa shape index (κ3) is 4.48. The van der Waals surface area contributed by atoms with Gasteiger partial charge in [-0.3, -0.25) is 4.79 Å². The summed E-state index contributed by atoms with van der Waals surface area (Å²) in [5.74, 6) is -102. The maximum Gasteiger partial charge on any atom is 0.384 e. The van der Waals surface area contributed by atoms with E-state index in [9.17, 15) is 115 Å². The Morgan fingerprint density at radius 2 is 0.617 bits per heavy atom. The Bertz CT molecular complexity index is 1240. The topological polar surface area (TPSA) is 52.6 Å². The minimum atomic E-state index is -8.12. The van der Waals surface area contributed by atoms with E-state index in [1.807, 2.05) is 6.58 Å². The van der Waals surface area contributed by atoms with Crippen molar-refractivity contribution < 1.29 is 124 Å². The third-order valence-electron chi connectivity index (χ3n) is 6.48. The number of halogens is 24. The van der Waals surface area contributed by atoms with Crippen LogP contribution in [0.1, 0.15) is 6.42 Å². The number of alkyl halides is 24. The number of rotatable bonds is 5. The van der Waals surface area contributed by atoms with Crippen LogP contribution in [0.4, 0.5) is 105 Å². The lowest BCUT2D eigenvalue weighted by Gasteiger charge is -2.35. The summed E-state index contributed by atoms with van der Waals surface area (Å²) in [7, 11) is 0. The summed E-state index contributed by atoms with van der Waals surface area (Å²) >= 11 is 0. The predicted octanol–water partition coefficient (Wildman–Crippen LogP) is 7.41. The van der Waals surface area contributed by atoms with Crippen molar-refractivity contribution in [1.29, 1.82) is 0 Å². The second kappa shape index (κ2) is 10.0. The van der Waals surface area contributed by atoms with Crippen LogP contribution in [-0.4, -0.2) is 95.2 Å². The highest BCUT2D eigenvalue weighted by Gasteiger charge is 2.99. The highest BCUT2D eigenvalue weighted by atomic mass is 19.4.